The van der Waals surface area contributed by atoms with Gasteiger partial charge in [-0.25, -0.2) is 4.98 Å². The summed E-state index contributed by atoms with van der Waals surface area (Å²) in [5, 5.41) is 14.0. The molecule has 26 heavy (non-hydrogen) atoms. The maximum atomic E-state index is 11.7. The van der Waals surface area contributed by atoms with E-state index in [-0.39, 0.29) is 12.3 Å². The number of benzene rings is 1. The molecular weight excluding hydrogens is 354 g/mol. The number of nitrogens with zero attached hydrogens (tertiary/aromatic N) is 2. The molecule has 2 aromatic rings. The number of halogens is 1. The molecule has 2 aliphatic heterocycles. The van der Waals surface area contributed by atoms with Crippen molar-refractivity contribution in [2.45, 2.75) is 31.3 Å². The number of hydrogen-bond donors (Lipinski definition) is 2. The van der Waals surface area contributed by atoms with Crippen LogP contribution in [-0.2, 0) is 16.1 Å². The Kier molecular flexibility index (Phi) is 4.32. The van der Waals surface area contributed by atoms with E-state index in [1.807, 2.05) is 30.3 Å². The Morgan fingerprint density at radius 2 is 2.08 bits per heavy atom. The van der Waals surface area contributed by atoms with E-state index in [9.17, 15) is 14.7 Å². The molecule has 1 aromatic heterocycles. The van der Waals surface area contributed by atoms with Crippen LogP contribution in [0, 0.1) is 5.92 Å². The third-order valence-electron chi connectivity index (χ3n) is 5.61. The van der Waals surface area contributed by atoms with Crippen molar-refractivity contribution >= 4 is 34.4 Å². The monoisotopic (exact) mass is 373 g/mol. The Bertz CT molecular complexity index is 877. The highest BCUT2D eigenvalue weighted by atomic mass is 35.5. The molecular formula is C19H20ClN3O3. The average Bonchev–Trinajstić information content (AvgIpc) is 2.94. The van der Waals surface area contributed by atoms with E-state index < -0.39 is 17.4 Å². The van der Waals surface area contributed by atoms with Crippen LogP contribution in [0.15, 0.2) is 30.3 Å². The van der Waals surface area contributed by atoms with Crippen LogP contribution in [0.1, 0.15) is 25.0 Å². The standard InChI is InChI=1S/C19H20ClN3O3/c20-15-3-1-2-12-4-5-13(21-17(12)15)11-23-8-6-19(7-9-23)14(18(25)26)10-16(24)22-19/h1-5,14H,6-11H2,(H,22,24)(H,25,26). The van der Waals surface area contributed by atoms with Crippen molar-refractivity contribution < 1.29 is 14.7 Å². The van der Waals surface area contributed by atoms with Gasteiger partial charge >= 0.3 is 5.97 Å². The van der Waals surface area contributed by atoms with Crippen LogP contribution in [0.2, 0.25) is 5.02 Å². The fourth-order valence-electron chi connectivity index (χ4n) is 4.17. The molecule has 3 heterocycles. The molecule has 2 saturated heterocycles. The van der Waals surface area contributed by atoms with Crippen LogP contribution in [0.5, 0.6) is 0 Å². The second-order valence-corrected chi connectivity index (χ2v) is 7.60. The minimum atomic E-state index is -0.886. The summed E-state index contributed by atoms with van der Waals surface area (Å²) in [7, 11) is 0. The summed E-state index contributed by atoms with van der Waals surface area (Å²) >= 11 is 6.24. The fraction of sp³-hybridized carbons (Fsp3) is 0.421. The third kappa shape index (κ3) is 3.04. The minimum absolute atomic E-state index is 0.0834. The van der Waals surface area contributed by atoms with Crippen LogP contribution < -0.4 is 5.32 Å². The molecule has 2 N–H and O–H groups in total. The number of pyridine rings is 1. The van der Waals surface area contributed by atoms with Crippen molar-refractivity contribution in [1.29, 1.82) is 0 Å². The van der Waals surface area contributed by atoms with Gasteiger partial charge in [0.05, 0.1) is 27.7 Å². The minimum Gasteiger partial charge on any atom is -0.481 e. The molecule has 0 radical (unpaired) electrons. The number of rotatable bonds is 3. The normalized spacial score (nSPS) is 22.7. The highest BCUT2D eigenvalue weighted by molar-refractivity contribution is 6.35. The van der Waals surface area contributed by atoms with Crippen LogP contribution in [0.25, 0.3) is 10.9 Å². The molecule has 1 atom stereocenters. The van der Waals surface area contributed by atoms with Gasteiger partial charge in [-0.2, -0.15) is 0 Å². The van der Waals surface area contributed by atoms with Crippen molar-refractivity contribution in [2.24, 2.45) is 5.92 Å². The van der Waals surface area contributed by atoms with Crippen LogP contribution in [-0.4, -0.2) is 45.5 Å². The Morgan fingerprint density at radius 3 is 2.81 bits per heavy atom. The van der Waals surface area contributed by atoms with E-state index in [4.69, 9.17) is 11.6 Å². The van der Waals surface area contributed by atoms with Crippen molar-refractivity contribution in [1.82, 2.24) is 15.2 Å². The average molecular weight is 374 g/mol. The zero-order valence-corrected chi connectivity index (χ0v) is 15.0. The lowest BCUT2D eigenvalue weighted by molar-refractivity contribution is -0.144. The summed E-state index contributed by atoms with van der Waals surface area (Å²) in [6, 6.07) is 9.75. The first-order chi connectivity index (χ1) is 12.5. The van der Waals surface area contributed by atoms with E-state index in [1.165, 1.54) is 0 Å². The Morgan fingerprint density at radius 1 is 1.31 bits per heavy atom. The van der Waals surface area contributed by atoms with Crippen molar-refractivity contribution in [3.05, 3.63) is 41.0 Å². The largest absolute Gasteiger partial charge is 0.481 e. The number of hydrogen-bond acceptors (Lipinski definition) is 4. The highest BCUT2D eigenvalue weighted by Gasteiger charge is 2.51. The summed E-state index contributed by atoms with van der Waals surface area (Å²) in [6.45, 7) is 2.14. The summed E-state index contributed by atoms with van der Waals surface area (Å²) in [6.07, 6.45) is 1.37. The quantitative estimate of drug-likeness (QED) is 0.863. The number of fused-ring (bicyclic) bond motifs is 1. The molecule has 136 valence electrons. The van der Waals surface area contributed by atoms with Crippen molar-refractivity contribution in [2.75, 3.05) is 13.1 Å². The van der Waals surface area contributed by atoms with E-state index >= 15 is 0 Å². The number of aliphatic carboxylic acids is 1. The fourth-order valence-corrected chi connectivity index (χ4v) is 4.40. The second-order valence-electron chi connectivity index (χ2n) is 7.19. The lowest BCUT2D eigenvalue weighted by atomic mass is 9.77. The number of aromatic nitrogens is 1. The molecule has 4 rings (SSSR count). The lowest BCUT2D eigenvalue weighted by Gasteiger charge is -2.41. The van der Waals surface area contributed by atoms with Crippen molar-refractivity contribution in [3.63, 3.8) is 0 Å². The Balaban J connectivity index is 1.46. The first kappa shape index (κ1) is 17.2. The smallest absolute Gasteiger partial charge is 0.309 e. The number of carboxylic acids is 1. The van der Waals surface area contributed by atoms with Gasteiger partial charge in [0.25, 0.3) is 0 Å². The molecule has 1 aromatic carbocycles. The van der Waals surface area contributed by atoms with Gasteiger partial charge < -0.3 is 10.4 Å². The summed E-state index contributed by atoms with van der Waals surface area (Å²) < 4.78 is 0. The molecule has 2 aliphatic rings. The molecule has 0 bridgehead atoms. The molecule has 7 heteroatoms. The van der Waals surface area contributed by atoms with E-state index in [0.29, 0.717) is 24.4 Å². The molecule has 1 spiro atoms. The molecule has 1 unspecified atom stereocenters. The first-order valence-electron chi connectivity index (χ1n) is 8.77. The van der Waals surface area contributed by atoms with E-state index in [0.717, 1.165) is 29.7 Å². The second kappa shape index (κ2) is 6.52. The highest BCUT2D eigenvalue weighted by Crippen LogP contribution is 2.37. The number of nitrogens with one attached hydrogen (secondary N) is 1. The van der Waals surface area contributed by atoms with Gasteiger partial charge in [0, 0.05) is 31.4 Å². The predicted octanol–water partition coefficient (Wildman–Crippen LogP) is 2.44. The summed E-state index contributed by atoms with van der Waals surface area (Å²) in [5.41, 5.74) is 1.14. The van der Waals surface area contributed by atoms with Crippen LogP contribution in [0.3, 0.4) is 0 Å². The molecule has 0 saturated carbocycles. The van der Waals surface area contributed by atoms with Gasteiger partial charge in [-0.3, -0.25) is 14.5 Å². The predicted molar refractivity (Wildman–Crippen MR) is 97.9 cm³/mol. The number of carboxylic acid groups (broad SMARTS) is 1. The van der Waals surface area contributed by atoms with Gasteiger partial charge in [-0.1, -0.05) is 29.8 Å². The number of piperidine rings is 1. The molecule has 6 nitrogen and oxygen atoms in total. The number of carbonyl (C=O) groups excluding carboxylic acids is 1. The topological polar surface area (TPSA) is 82.5 Å². The number of para-hydroxylation sites is 1. The van der Waals surface area contributed by atoms with E-state index in [1.54, 1.807) is 0 Å². The molecule has 0 aliphatic carbocycles. The zero-order valence-electron chi connectivity index (χ0n) is 14.2. The maximum absolute atomic E-state index is 11.7. The zero-order chi connectivity index (χ0) is 18.3. The van der Waals surface area contributed by atoms with Crippen LogP contribution >= 0.6 is 11.6 Å². The number of carbonyl (C=O) groups is 2. The van der Waals surface area contributed by atoms with Gasteiger partial charge in [-0.05, 0) is 25.0 Å². The summed E-state index contributed by atoms with van der Waals surface area (Å²) in [5.74, 6) is -1.67. The first-order valence-corrected chi connectivity index (χ1v) is 9.15. The lowest BCUT2D eigenvalue weighted by Crippen LogP contribution is -2.55. The third-order valence-corrected chi connectivity index (χ3v) is 5.91. The molecule has 2 fully saturated rings. The van der Waals surface area contributed by atoms with Gasteiger partial charge in [-0.15, -0.1) is 0 Å². The SMILES string of the molecule is O=C1CC(C(=O)O)C2(CCN(Cc3ccc4cccc(Cl)c4n3)CC2)N1. The molecule has 1 amide bonds. The van der Waals surface area contributed by atoms with Crippen molar-refractivity contribution in [3.8, 4) is 0 Å². The number of amides is 1. The Hall–Kier alpha value is -2.18. The van der Waals surface area contributed by atoms with Gasteiger partial charge in [0.2, 0.25) is 5.91 Å². The van der Waals surface area contributed by atoms with Crippen LogP contribution in [0.4, 0.5) is 0 Å². The Labute approximate surface area is 156 Å². The van der Waals surface area contributed by atoms with E-state index in [2.05, 4.69) is 15.2 Å². The summed E-state index contributed by atoms with van der Waals surface area (Å²) in [4.78, 5) is 30.2. The maximum Gasteiger partial charge on any atom is 0.309 e. The van der Waals surface area contributed by atoms with Gasteiger partial charge in [0.1, 0.15) is 0 Å². The number of likely N-dealkylation sites (tertiary alicyclic amines) is 1. The van der Waals surface area contributed by atoms with Gasteiger partial charge in [0.15, 0.2) is 0 Å².